The average molecular weight is 525 g/mol. The van der Waals surface area contributed by atoms with Gasteiger partial charge in [0.25, 0.3) is 5.91 Å². The highest BCUT2D eigenvalue weighted by atomic mass is 127. The van der Waals surface area contributed by atoms with Crippen LogP contribution >= 0.6 is 22.6 Å². The minimum Gasteiger partial charge on any atom is -0.459 e. The number of rotatable bonds is 8. The van der Waals surface area contributed by atoms with Crippen molar-refractivity contribution in [1.82, 2.24) is 5.32 Å². The van der Waals surface area contributed by atoms with Crippen LogP contribution in [0.5, 0.6) is 0 Å². The number of nitrogens with one attached hydrogen (secondary N) is 1. The molecule has 0 spiro atoms. The van der Waals surface area contributed by atoms with E-state index in [1.165, 1.54) is 22.8 Å². The van der Waals surface area contributed by atoms with Crippen LogP contribution in [0.1, 0.15) is 56.9 Å². The van der Waals surface area contributed by atoms with Crippen molar-refractivity contribution in [2.75, 3.05) is 13.2 Å². The van der Waals surface area contributed by atoms with Gasteiger partial charge in [0.05, 0.1) is 0 Å². The van der Waals surface area contributed by atoms with E-state index >= 15 is 0 Å². The van der Waals surface area contributed by atoms with Gasteiger partial charge in [0.1, 0.15) is 0 Å². The Bertz CT molecular complexity index is 765. The minimum absolute atomic E-state index is 0.0135. The molecular weight excluding hydrogens is 493 g/mol. The Morgan fingerprint density at radius 2 is 2.07 bits per heavy atom. The van der Waals surface area contributed by atoms with Gasteiger partial charge in [0.2, 0.25) is 6.29 Å². The molecule has 1 aromatic carbocycles. The van der Waals surface area contributed by atoms with E-state index in [-0.39, 0.29) is 30.4 Å². The van der Waals surface area contributed by atoms with E-state index < -0.39 is 6.29 Å². The number of benzene rings is 1. The van der Waals surface area contributed by atoms with Gasteiger partial charge in [-0.25, -0.2) is 0 Å². The SMILES string of the molecule is CCO[C@@H]1OC(C(=O)NC2CC3CCC2C3)=C[C@H](c2ccc(I)cc2)[C@@H]1CCCO. The van der Waals surface area contributed by atoms with Gasteiger partial charge in [-0.3, -0.25) is 4.79 Å². The zero-order valence-corrected chi connectivity index (χ0v) is 19.7. The molecule has 1 heterocycles. The first-order chi connectivity index (χ1) is 14.6. The first kappa shape index (κ1) is 22.1. The Morgan fingerprint density at radius 1 is 1.27 bits per heavy atom. The van der Waals surface area contributed by atoms with Crippen molar-refractivity contribution in [3.8, 4) is 0 Å². The van der Waals surface area contributed by atoms with Gasteiger partial charge >= 0.3 is 0 Å². The molecule has 0 aromatic heterocycles. The molecule has 6 heteroatoms. The number of ether oxygens (including phenoxy) is 2. The number of fused-ring (bicyclic) bond motifs is 2. The highest BCUT2D eigenvalue weighted by molar-refractivity contribution is 14.1. The molecule has 5 nitrogen and oxygen atoms in total. The van der Waals surface area contributed by atoms with Crippen molar-refractivity contribution < 1.29 is 19.4 Å². The molecule has 2 aliphatic carbocycles. The van der Waals surface area contributed by atoms with E-state index in [4.69, 9.17) is 9.47 Å². The predicted octanol–water partition coefficient (Wildman–Crippen LogP) is 4.35. The zero-order valence-electron chi connectivity index (χ0n) is 17.6. The largest absolute Gasteiger partial charge is 0.459 e. The molecule has 2 fully saturated rings. The second-order valence-corrected chi connectivity index (χ2v) is 10.1. The Morgan fingerprint density at radius 3 is 2.70 bits per heavy atom. The lowest BCUT2D eigenvalue weighted by molar-refractivity contribution is -0.167. The van der Waals surface area contributed by atoms with Crippen LogP contribution in [0.2, 0.25) is 0 Å². The molecular formula is C24H32INO4. The van der Waals surface area contributed by atoms with E-state index in [1.807, 2.05) is 13.0 Å². The molecule has 164 valence electrons. The summed E-state index contributed by atoms with van der Waals surface area (Å²) >= 11 is 2.30. The molecule has 3 aliphatic rings. The molecule has 1 aromatic rings. The van der Waals surface area contributed by atoms with Gasteiger partial charge in [0, 0.05) is 34.7 Å². The van der Waals surface area contributed by atoms with Crippen LogP contribution in [-0.2, 0) is 14.3 Å². The molecule has 2 N–H and O–H groups in total. The lowest BCUT2D eigenvalue weighted by Gasteiger charge is -2.37. The Kier molecular flexibility index (Phi) is 7.36. The van der Waals surface area contributed by atoms with Gasteiger partial charge in [0.15, 0.2) is 5.76 Å². The summed E-state index contributed by atoms with van der Waals surface area (Å²) in [7, 11) is 0. The van der Waals surface area contributed by atoms with E-state index in [9.17, 15) is 9.90 Å². The summed E-state index contributed by atoms with van der Waals surface area (Å²) in [6.07, 6.45) is 7.82. The molecule has 2 bridgehead atoms. The van der Waals surface area contributed by atoms with Crippen LogP contribution in [0.3, 0.4) is 0 Å². The summed E-state index contributed by atoms with van der Waals surface area (Å²) in [6, 6.07) is 8.69. The van der Waals surface area contributed by atoms with Gasteiger partial charge in [-0.1, -0.05) is 18.6 Å². The van der Waals surface area contributed by atoms with Crippen molar-refractivity contribution in [1.29, 1.82) is 0 Å². The van der Waals surface area contributed by atoms with Gasteiger partial charge < -0.3 is 19.9 Å². The smallest absolute Gasteiger partial charge is 0.286 e. The maximum Gasteiger partial charge on any atom is 0.286 e. The second-order valence-electron chi connectivity index (χ2n) is 8.83. The molecule has 0 saturated heterocycles. The second kappa shape index (κ2) is 10.0. The maximum atomic E-state index is 13.1. The fourth-order valence-corrected chi connectivity index (χ4v) is 5.85. The molecule has 3 unspecified atom stereocenters. The summed E-state index contributed by atoms with van der Waals surface area (Å²) in [5.74, 6) is 1.72. The number of aliphatic hydroxyl groups excluding tert-OH is 1. The van der Waals surface area contributed by atoms with Crippen LogP contribution in [0, 0.1) is 21.3 Å². The molecule has 1 aliphatic heterocycles. The minimum atomic E-state index is -0.489. The monoisotopic (exact) mass is 525 g/mol. The van der Waals surface area contributed by atoms with Crippen molar-refractivity contribution in [2.24, 2.45) is 17.8 Å². The summed E-state index contributed by atoms with van der Waals surface area (Å²) in [6.45, 7) is 2.59. The highest BCUT2D eigenvalue weighted by Gasteiger charge is 2.42. The van der Waals surface area contributed by atoms with Crippen LogP contribution in [0.15, 0.2) is 36.1 Å². The van der Waals surface area contributed by atoms with Crippen LogP contribution < -0.4 is 5.32 Å². The van der Waals surface area contributed by atoms with Crippen LogP contribution in [-0.4, -0.2) is 36.6 Å². The molecule has 6 atom stereocenters. The normalized spacial score (nSPS) is 32.6. The number of aliphatic hydroxyl groups is 1. The fraction of sp³-hybridized carbons (Fsp3) is 0.625. The molecule has 30 heavy (non-hydrogen) atoms. The maximum absolute atomic E-state index is 13.1. The summed E-state index contributed by atoms with van der Waals surface area (Å²) in [4.78, 5) is 13.1. The Labute approximate surface area is 192 Å². The summed E-state index contributed by atoms with van der Waals surface area (Å²) in [5, 5.41) is 12.6. The number of allylic oxidation sites excluding steroid dienone is 1. The first-order valence-corrected chi connectivity index (χ1v) is 12.3. The lowest BCUT2D eigenvalue weighted by Crippen LogP contribution is -2.43. The number of hydrogen-bond donors (Lipinski definition) is 2. The standard InChI is InChI=1S/C24H32INO4/c1-2-29-24-19(4-3-11-27)20(16-7-9-18(25)10-8-16)14-22(30-24)23(28)26-21-13-15-5-6-17(21)12-15/h7-10,14-15,17,19-21,24,27H,2-6,11-13H2,1H3,(H,26,28)/t15?,17?,19-,20+,21?,24+/m0/s1. The van der Waals surface area contributed by atoms with Crippen LogP contribution in [0.25, 0.3) is 0 Å². The third kappa shape index (κ3) is 4.86. The van der Waals surface area contributed by atoms with E-state index in [1.54, 1.807) is 0 Å². The van der Waals surface area contributed by atoms with Crippen molar-refractivity contribution in [2.45, 2.75) is 63.7 Å². The fourth-order valence-electron chi connectivity index (χ4n) is 5.49. The van der Waals surface area contributed by atoms with Gasteiger partial charge in [-0.05, 0) is 97.2 Å². The zero-order chi connectivity index (χ0) is 21.1. The topological polar surface area (TPSA) is 67.8 Å². The number of carbonyl (C=O) groups is 1. The number of halogens is 1. The van der Waals surface area contributed by atoms with Crippen molar-refractivity contribution in [3.63, 3.8) is 0 Å². The average Bonchev–Trinajstić information content (AvgIpc) is 3.36. The number of hydrogen-bond acceptors (Lipinski definition) is 4. The highest BCUT2D eigenvalue weighted by Crippen LogP contribution is 2.45. The van der Waals surface area contributed by atoms with Crippen molar-refractivity contribution in [3.05, 3.63) is 45.2 Å². The number of amides is 1. The first-order valence-electron chi connectivity index (χ1n) is 11.3. The predicted molar refractivity (Wildman–Crippen MR) is 124 cm³/mol. The van der Waals surface area contributed by atoms with Crippen LogP contribution in [0.4, 0.5) is 0 Å². The molecule has 0 radical (unpaired) electrons. The lowest BCUT2D eigenvalue weighted by atomic mass is 9.80. The molecule has 1 amide bonds. The van der Waals surface area contributed by atoms with E-state index in [0.29, 0.717) is 24.7 Å². The third-order valence-electron chi connectivity index (χ3n) is 6.94. The number of carbonyl (C=O) groups excluding carboxylic acids is 1. The third-order valence-corrected chi connectivity index (χ3v) is 7.66. The summed E-state index contributed by atoms with van der Waals surface area (Å²) in [5.41, 5.74) is 1.15. The van der Waals surface area contributed by atoms with E-state index in [0.717, 1.165) is 24.3 Å². The van der Waals surface area contributed by atoms with E-state index in [2.05, 4.69) is 52.2 Å². The van der Waals surface area contributed by atoms with Gasteiger partial charge in [-0.15, -0.1) is 0 Å². The molecule has 4 rings (SSSR count). The van der Waals surface area contributed by atoms with Gasteiger partial charge in [-0.2, -0.15) is 0 Å². The quantitative estimate of drug-likeness (QED) is 0.496. The summed E-state index contributed by atoms with van der Waals surface area (Å²) < 4.78 is 13.2. The molecule has 2 saturated carbocycles. The Hall–Kier alpha value is -1.12. The van der Waals surface area contributed by atoms with Crippen molar-refractivity contribution >= 4 is 28.5 Å². The Balaban J connectivity index is 1.58.